The molecule has 170 valence electrons. The first kappa shape index (κ1) is 22.7. The molecule has 0 saturated carbocycles. The third-order valence-electron chi connectivity index (χ3n) is 6.38. The van der Waals surface area contributed by atoms with Crippen molar-refractivity contribution in [3.05, 3.63) is 58.3 Å². The number of rotatable bonds is 9. The van der Waals surface area contributed by atoms with Gasteiger partial charge in [-0.25, -0.2) is 0 Å². The van der Waals surface area contributed by atoms with E-state index in [1.165, 1.54) is 16.2 Å². The number of carbonyl (C=O) groups excluding carboxylic acids is 3. The van der Waals surface area contributed by atoms with E-state index in [4.69, 9.17) is 4.74 Å². The van der Waals surface area contributed by atoms with Crippen molar-refractivity contribution in [2.75, 3.05) is 19.7 Å². The molecule has 1 aromatic carbocycles. The van der Waals surface area contributed by atoms with E-state index in [0.29, 0.717) is 13.1 Å². The molecule has 2 aromatic rings. The van der Waals surface area contributed by atoms with Crippen LogP contribution < -0.4 is 0 Å². The summed E-state index contributed by atoms with van der Waals surface area (Å²) in [5.41, 5.74) is -0.427. The molecule has 2 saturated heterocycles. The highest BCUT2D eigenvalue weighted by molar-refractivity contribution is 7.09. The Labute approximate surface area is 193 Å². The Bertz CT molecular complexity index is 940. The molecule has 0 radical (unpaired) electrons. The monoisotopic (exact) mass is 454 g/mol. The maximum absolute atomic E-state index is 13.7. The summed E-state index contributed by atoms with van der Waals surface area (Å²) in [5.74, 6) is -0.587. The molecule has 2 fully saturated rings. The van der Waals surface area contributed by atoms with Crippen LogP contribution in [0.5, 0.6) is 0 Å². The van der Waals surface area contributed by atoms with Crippen molar-refractivity contribution in [3.8, 4) is 0 Å². The van der Waals surface area contributed by atoms with Crippen molar-refractivity contribution in [1.29, 1.82) is 0 Å². The minimum absolute atomic E-state index is 0.00472. The van der Waals surface area contributed by atoms with Gasteiger partial charge < -0.3 is 9.64 Å². The Kier molecular flexibility index (Phi) is 7.06. The van der Waals surface area contributed by atoms with Crippen LogP contribution in [0.3, 0.4) is 0 Å². The first-order valence-electron chi connectivity index (χ1n) is 11.4. The van der Waals surface area contributed by atoms with E-state index in [2.05, 4.69) is 0 Å². The molecule has 0 bridgehead atoms. The lowest BCUT2D eigenvalue weighted by Gasteiger charge is -2.31. The zero-order valence-corrected chi connectivity index (χ0v) is 19.3. The summed E-state index contributed by atoms with van der Waals surface area (Å²) in [4.78, 5) is 44.4. The van der Waals surface area contributed by atoms with E-state index < -0.39 is 5.41 Å². The maximum Gasteiger partial charge on any atom is 0.241 e. The summed E-state index contributed by atoms with van der Waals surface area (Å²) < 4.78 is 5.75. The lowest BCUT2D eigenvalue weighted by Crippen LogP contribution is -2.45. The molecule has 0 spiro atoms. The zero-order chi connectivity index (χ0) is 22.6. The molecular formula is C25H30N2O4S. The van der Waals surface area contributed by atoms with Crippen molar-refractivity contribution in [1.82, 2.24) is 9.80 Å². The number of hydrogen-bond donors (Lipinski definition) is 0. The summed E-state index contributed by atoms with van der Waals surface area (Å²) in [5, 5.41) is 1.93. The molecule has 4 rings (SSSR count). The SMILES string of the molecule is CCCN(CC1CCCO1)C(=O)CC1(c2ccccc2)CC(=O)N(Cc2cccs2)C1=O. The second-order valence-corrected chi connectivity index (χ2v) is 9.67. The minimum Gasteiger partial charge on any atom is -0.376 e. The molecular weight excluding hydrogens is 424 g/mol. The van der Waals surface area contributed by atoms with E-state index in [-0.39, 0.29) is 43.2 Å². The van der Waals surface area contributed by atoms with Gasteiger partial charge in [0, 0.05) is 37.4 Å². The molecule has 32 heavy (non-hydrogen) atoms. The summed E-state index contributed by atoms with van der Waals surface area (Å²) >= 11 is 1.52. The molecule has 3 heterocycles. The second kappa shape index (κ2) is 9.96. The number of carbonyl (C=O) groups is 3. The van der Waals surface area contributed by atoms with Gasteiger partial charge in [0.1, 0.15) is 0 Å². The van der Waals surface area contributed by atoms with Gasteiger partial charge in [0.15, 0.2) is 0 Å². The molecule has 3 amide bonds. The summed E-state index contributed by atoms with van der Waals surface area (Å²) in [6.07, 6.45) is 2.85. The van der Waals surface area contributed by atoms with E-state index in [0.717, 1.165) is 36.3 Å². The lowest BCUT2D eigenvalue weighted by molar-refractivity contribution is -0.143. The predicted octanol–water partition coefficient (Wildman–Crippen LogP) is 3.75. The third-order valence-corrected chi connectivity index (χ3v) is 7.24. The molecule has 0 aliphatic carbocycles. The number of hydrogen-bond acceptors (Lipinski definition) is 5. The molecule has 2 aliphatic heterocycles. The van der Waals surface area contributed by atoms with Gasteiger partial charge in [-0.2, -0.15) is 0 Å². The fourth-order valence-corrected chi connectivity index (χ4v) is 5.43. The molecule has 2 aliphatic rings. The third kappa shape index (κ3) is 4.64. The van der Waals surface area contributed by atoms with Crippen LogP contribution >= 0.6 is 11.3 Å². The van der Waals surface area contributed by atoms with Crippen LogP contribution in [-0.4, -0.2) is 53.3 Å². The van der Waals surface area contributed by atoms with Gasteiger partial charge >= 0.3 is 0 Å². The molecule has 1 aromatic heterocycles. The topological polar surface area (TPSA) is 66.9 Å². The predicted molar refractivity (Wildman–Crippen MR) is 123 cm³/mol. The van der Waals surface area contributed by atoms with Crippen LogP contribution in [0.2, 0.25) is 0 Å². The van der Waals surface area contributed by atoms with Crippen LogP contribution in [0, 0.1) is 0 Å². The Balaban J connectivity index is 1.61. The van der Waals surface area contributed by atoms with Crippen LogP contribution in [0.1, 0.15) is 49.5 Å². The maximum atomic E-state index is 13.7. The van der Waals surface area contributed by atoms with Crippen molar-refractivity contribution < 1.29 is 19.1 Å². The number of ether oxygens (including phenoxy) is 1. The molecule has 2 unspecified atom stereocenters. The van der Waals surface area contributed by atoms with Gasteiger partial charge in [-0.1, -0.05) is 43.3 Å². The first-order chi connectivity index (χ1) is 15.5. The van der Waals surface area contributed by atoms with Gasteiger partial charge in [-0.15, -0.1) is 11.3 Å². The van der Waals surface area contributed by atoms with Crippen molar-refractivity contribution in [3.63, 3.8) is 0 Å². The quantitative estimate of drug-likeness (QED) is 0.541. The van der Waals surface area contributed by atoms with Crippen LogP contribution in [0.15, 0.2) is 47.8 Å². The van der Waals surface area contributed by atoms with E-state index in [9.17, 15) is 14.4 Å². The number of nitrogens with zero attached hydrogens (tertiary/aromatic N) is 2. The fraction of sp³-hybridized carbons (Fsp3) is 0.480. The number of likely N-dealkylation sites (tertiary alicyclic amines) is 1. The van der Waals surface area contributed by atoms with Gasteiger partial charge in [0.2, 0.25) is 17.7 Å². The van der Waals surface area contributed by atoms with Crippen LogP contribution in [0.25, 0.3) is 0 Å². The first-order valence-corrected chi connectivity index (χ1v) is 12.2. The normalized spacial score (nSPS) is 23.2. The molecule has 0 N–H and O–H groups in total. The number of imide groups is 1. The fourth-order valence-electron chi connectivity index (χ4n) is 4.73. The Morgan fingerprint density at radius 3 is 2.69 bits per heavy atom. The molecule has 6 nitrogen and oxygen atoms in total. The van der Waals surface area contributed by atoms with Crippen LogP contribution in [0.4, 0.5) is 0 Å². The highest BCUT2D eigenvalue weighted by atomic mass is 32.1. The highest BCUT2D eigenvalue weighted by Crippen LogP contribution is 2.41. The average molecular weight is 455 g/mol. The van der Waals surface area contributed by atoms with Crippen molar-refractivity contribution in [2.24, 2.45) is 0 Å². The van der Waals surface area contributed by atoms with E-state index in [1.54, 1.807) is 0 Å². The van der Waals surface area contributed by atoms with Crippen molar-refractivity contribution >= 4 is 29.1 Å². The largest absolute Gasteiger partial charge is 0.376 e. The standard InChI is InChI=1S/C25H30N2O4S/c1-2-12-26(17-20-10-6-13-31-20)22(28)15-25(19-8-4-3-5-9-19)16-23(29)27(24(25)30)18-21-11-7-14-32-21/h3-5,7-9,11,14,20H,2,6,10,12-13,15-18H2,1H3. The summed E-state index contributed by atoms with van der Waals surface area (Å²) in [6.45, 7) is 4.18. The Morgan fingerprint density at radius 2 is 2.03 bits per heavy atom. The smallest absolute Gasteiger partial charge is 0.241 e. The number of benzene rings is 1. The zero-order valence-electron chi connectivity index (χ0n) is 18.5. The second-order valence-electron chi connectivity index (χ2n) is 8.64. The average Bonchev–Trinajstić information content (AvgIpc) is 3.54. The summed E-state index contributed by atoms with van der Waals surface area (Å²) in [6, 6.07) is 13.1. The highest BCUT2D eigenvalue weighted by Gasteiger charge is 2.54. The minimum atomic E-state index is -1.16. The van der Waals surface area contributed by atoms with Gasteiger partial charge in [-0.05, 0) is 36.3 Å². The van der Waals surface area contributed by atoms with Gasteiger partial charge in [0.25, 0.3) is 0 Å². The van der Waals surface area contributed by atoms with Gasteiger partial charge in [-0.3, -0.25) is 19.3 Å². The van der Waals surface area contributed by atoms with Crippen LogP contribution in [-0.2, 0) is 31.1 Å². The number of thiophene rings is 1. The van der Waals surface area contributed by atoms with E-state index >= 15 is 0 Å². The Morgan fingerprint density at radius 1 is 1.22 bits per heavy atom. The molecule has 7 heteroatoms. The van der Waals surface area contributed by atoms with Gasteiger partial charge in [0.05, 0.1) is 18.1 Å². The molecule has 2 atom stereocenters. The number of amides is 3. The van der Waals surface area contributed by atoms with Crippen molar-refractivity contribution in [2.45, 2.75) is 57.1 Å². The summed E-state index contributed by atoms with van der Waals surface area (Å²) in [7, 11) is 0. The Hall–Kier alpha value is -2.51. The lowest BCUT2D eigenvalue weighted by atomic mass is 9.75. The van der Waals surface area contributed by atoms with E-state index in [1.807, 2.05) is 59.7 Å².